The van der Waals surface area contributed by atoms with Crippen LogP contribution in [0, 0.1) is 0 Å². The Labute approximate surface area is 590 Å². The quantitative estimate of drug-likeness (QED) is 0.138. The van der Waals surface area contributed by atoms with E-state index in [0.29, 0.717) is 33.9 Å². The van der Waals surface area contributed by atoms with Crippen molar-refractivity contribution in [2.75, 3.05) is 15.1 Å². The molecule has 2 aliphatic heterocycles. The van der Waals surface area contributed by atoms with E-state index in [0.717, 1.165) is 117 Å². The number of hydrogen-bond donors (Lipinski definition) is 1. The van der Waals surface area contributed by atoms with Crippen molar-refractivity contribution in [1.82, 2.24) is 9.13 Å². The Bertz CT molecular complexity index is 6390. The monoisotopic (exact) mass is 1270 g/mol. The molecule has 0 bridgehead atoms. The van der Waals surface area contributed by atoms with Gasteiger partial charge in [-0.25, -0.2) is 0 Å². The lowest BCUT2D eigenvalue weighted by Gasteiger charge is -2.45. The zero-order chi connectivity index (χ0) is 76.4. The van der Waals surface area contributed by atoms with Crippen molar-refractivity contribution in [2.45, 2.75) is 52.4 Å². The number of benzene rings is 14. The van der Waals surface area contributed by atoms with E-state index in [9.17, 15) is 6.85 Å². The molecule has 0 saturated heterocycles. The lowest BCUT2D eigenvalue weighted by atomic mass is 9.33. The lowest BCUT2D eigenvalue weighted by molar-refractivity contribution is 0.590. The van der Waals surface area contributed by atoms with E-state index in [4.69, 9.17) is 9.60 Å². The van der Waals surface area contributed by atoms with Gasteiger partial charge < -0.3 is 24.3 Å². The van der Waals surface area contributed by atoms with Gasteiger partial charge in [0.1, 0.15) is 0 Å². The Morgan fingerprint density at radius 1 is 0.316 bits per heavy atom. The largest absolute Gasteiger partial charge is 0.355 e. The van der Waals surface area contributed by atoms with E-state index in [2.05, 4.69) is 213 Å². The van der Waals surface area contributed by atoms with Gasteiger partial charge >= 0.3 is 0 Å². The van der Waals surface area contributed by atoms with Gasteiger partial charge in [0.2, 0.25) is 0 Å². The number of nitrogens with zero attached hydrogens (tertiary/aromatic N) is 4. The summed E-state index contributed by atoms with van der Waals surface area (Å²) >= 11 is 0. The van der Waals surface area contributed by atoms with Crippen LogP contribution in [0.2, 0.25) is 0 Å². The van der Waals surface area contributed by atoms with Gasteiger partial charge in [-0.05, 0) is 181 Å². The topological polar surface area (TPSA) is 28.4 Å². The zero-order valence-corrected chi connectivity index (χ0v) is 55.0. The molecule has 0 fully saturated rings. The van der Waals surface area contributed by atoms with Gasteiger partial charge in [0.15, 0.2) is 0 Å². The normalized spacial score (nSPS) is 14.4. The Hall–Kier alpha value is -11.9. The fraction of sp³-hybridized carbons (Fsp3) is 0.0870. The molecule has 2 aliphatic rings. The van der Waals surface area contributed by atoms with Crippen LogP contribution in [0.25, 0.3) is 99.5 Å². The summed E-state index contributed by atoms with van der Waals surface area (Å²) in [6, 6.07) is 81.1. The van der Waals surface area contributed by atoms with Crippen molar-refractivity contribution in [3.8, 4) is 55.9 Å². The molecule has 98 heavy (non-hydrogen) atoms. The van der Waals surface area contributed by atoms with Gasteiger partial charge in [-0.1, -0.05) is 254 Å². The summed E-state index contributed by atoms with van der Waals surface area (Å²) in [7, 11) is 0. The third-order valence-electron chi connectivity index (χ3n) is 19.7. The first-order valence-corrected chi connectivity index (χ1v) is 33.4. The molecule has 6 heteroatoms. The first-order chi connectivity index (χ1) is 52.8. The molecular formula is C92H72BN5. The van der Waals surface area contributed by atoms with Crippen LogP contribution in [0.1, 0.15) is 69.1 Å². The number of rotatable bonds is 10. The Kier molecular flexibility index (Phi) is 11.0. The highest BCUT2D eigenvalue weighted by Crippen LogP contribution is 2.51. The molecule has 18 rings (SSSR count). The van der Waals surface area contributed by atoms with Crippen LogP contribution in [0.3, 0.4) is 0 Å². The first kappa shape index (κ1) is 47.1. The maximum atomic E-state index is 9.71. The van der Waals surface area contributed by atoms with E-state index in [-0.39, 0.29) is 51.4 Å². The summed E-state index contributed by atoms with van der Waals surface area (Å²) in [6.07, 6.45) is 0. The van der Waals surface area contributed by atoms with Gasteiger partial charge in [-0.3, -0.25) is 0 Å². The second-order valence-corrected chi connectivity index (χ2v) is 27.7. The summed E-state index contributed by atoms with van der Waals surface area (Å²) in [4.78, 5) is 4.75. The van der Waals surface area contributed by atoms with Crippen molar-refractivity contribution in [1.29, 1.82) is 0 Å². The van der Waals surface area contributed by atoms with Crippen LogP contribution in [0.5, 0.6) is 0 Å². The van der Waals surface area contributed by atoms with Crippen LogP contribution in [-0.2, 0) is 10.8 Å². The van der Waals surface area contributed by atoms with Gasteiger partial charge in [-0.15, -0.1) is 0 Å². The average Bonchev–Trinajstić information content (AvgIpc) is 0.918. The van der Waals surface area contributed by atoms with Crippen LogP contribution in [-0.4, -0.2) is 15.8 Å². The van der Waals surface area contributed by atoms with Crippen LogP contribution >= 0.6 is 0 Å². The molecule has 0 atom stereocenters. The summed E-state index contributed by atoms with van der Waals surface area (Å²) in [5.74, 6) is 0. The Morgan fingerprint density at radius 3 is 1.48 bits per heavy atom. The number of hydrogen-bond acceptors (Lipinski definition) is 3. The zero-order valence-electron chi connectivity index (χ0n) is 67.0. The van der Waals surface area contributed by atoms with Crippen molar-refractivity contribution in [3.63, 3.8) is 0 Å². The minimum absolute atomic E-state index is 0.0120. The molecule has 0 aliphatic carbocycles. The number of nitrogens with one attached hydrogen (secondary N) is 1. The molecule has 0 spiro atoms. The molecule has 1 N–H and O–H groups in total. The maximum absolute atomic E-state index is 9.71. The smallest absolute Gasteiger partial charge is 0.252 e. The SMILES string of the molecule is [2H]c1cc(-c2cc(-n3c4ccccc4c4ccccc43)ccc2Nc2ccc3c(c2)N(c2ccc(C(C)(C)C)cc2-c2ccccc2)c2cc(C(C)(C)C)cc4c2B3c2ccc(-n3c5c([2H])c([2H])c([2H])c([2H])c5c5c([2H])c([2H])c([2H])c([2H])c53)cc2N4c2cc(-c3ccccc3)cc(-c3ccccc3)c2)c([2H])c([2H])c1[2H]. The molecule has 468 valence electrons. The van der Waals surface area contributed by atoms with E-state index in [1.807, 2.05) is 91.0 Å². The molecule has 4 heterocycles. The minimum atomic E-state index is -0.538. The average molecular weight is 1270 g/mol. The standard InChI is InChI=1S/C92H72BN5/c1-91(2,3)66-43-50-85(77(54-66)63-33-17-10-18-34-63)98-86-57-68(94-80-49-46-69(58-76(80)62-31-15-9-16-32-62)95-81-39-23-19-35-72(81)73-36-20-24-40-82(73)95)44-47-78(86)93-79-48-45-70(96-83-41-25-21-37-74(83)75-38-22-26-42-84(75)96)59-87(79)97(88-55-67(92(4,5)6)56-89(98)90(88)93)71-52-64(60-27-11-7-12-28-60)51-65(53-71)61-29-13-8-14-30-61/h7-59,94H,1-6H3/i9D,15D,16D,21D,22D,25D,26D,31D,37D,38D,41D,42D. The maximum Gasteiger partial charge on any atom is 0.252 e. The van der Waals surface area contributed by atoms with Crippen LogP contribution in [0.4, 0.5) is 45.5 Å². The number of fused-ring (bicyclic) bond motifs is 10. The third-order valence-corrected chi connectivity index (χ3v) is 19.7. The van der Waals surface area contributed by atoms with Gasteiger partial charge in [0.25, 0.3) is 6.71 Å². The predicted molar refractivity (Wildman–Crippen MR) is 418 cm³/mol. The highest BCUT2D eigenvalue weighted by molar-refractivity contribution is 7.00. The molecule has 0 unspecified atom stereocenters. The molecule has 5 nitrogen and oxygen atoms in total. The first-order valence-electron chi connectivity index (χ1n) is 39.4. The van der Waals surface area contributed by atoms with E-state index in [1.54, 1.807) is 4.57 Å². The number of para-hydroxylation sites is 4. The molecule has 0 radical (unpaired) electrons. The highest BCUT2D eigenvalue weighted by Gasteiger charge is 2.45. The van der Waals surface area contributed by atoms with Crippen molar-refractivity contribution < 1.29 is 16.4 Å². The Morgan fingerprint density at radius 2 is 0.847 bits per heavy atom. The van der Waals surface area contributed by atoms with Crippen molar-refractivity contribution in [3.05, 3.63) is 332 Å². The second-order valence-electron chi connectivity index (χ2n) is 27.7. The van der Waals surface area contributed by atoms with Crippen LogP contribution < -0.4 is 31.5 Å². The second kappa shape index (κ2) is 22.9. The summed E-state index contributed by atoms with van der Waals surface area (Å²) in [5.41, 5.74) is 20.5. The molecular weight excluding hydrogens is 1190 g/mol. The Balaban J connectivity index is 0.947. The molecule has 16 aromatic rings. The van der Waals surface area contributed by atoms with Crippen LogP contribution in [0.15, 0.2) is 321 Å². The van der Waals surface area contributed by atoms with Crippen molar-refractivity contribution in [2.24, 2.45) is 0 Å². The fourth-order valence-electron chi connectivity index (χ4n) is 15.0. The van der Waals surface area contributed by atoms with Gasteiger partial charge in [0, 0.05) is 83.9 Å². The van der Waals surface area contributed by atoms with Crippen molar-refractivity contribution >= 4 is 112 Å². The molecule has 0 amide bonds. The summed E-state index contributed by atoms with van der Waals surface area (Å²) in [6.45, 7) is 12.8. The molecule has 2 aromatic heterocycles. The van der Waals surface area contributed by atoms with E-state index < -0.39 is 60.5 Å². The molecule has 0 saturated carbocycles. The highest BCUT2D eigenvalue weighted by atomic mass is 15.2. The summed E-state index contributed by atoms with van der Waals surface area (Å²) < 4.78 is 115. The minimum Gasteiger partial charge on any atom is -0.355 e. The number of anilines is 8. The van der Waals surface area contributed by atoms with Gasteiger partial charge in [-0.2, -0.15) is 0 Å². The predicted octanol–water partition coefficient (Wildman–Crippen LogP) is 23.0. The summed E-state index contributed by atoms with van der Waals surface area (Å²) in [5, 5.41) is 5.98. The fourth-order valence-corrected chi connectivity index (χ4v) is 15.0. The molecule has 14 aromatic carbocycles. The van der Waals surface area contributed by atoms with E-state index in [1.165, 1.54) is 6.07 Å². The lowest BCUT2D eigenvalue weighted by Crippen LogP contribution is -2.61. The number of aromatic nitrogens is 2. The van der Waals surface area contributed by atoms with E-state index >= 15 is 0 Å². The third kappa shape index (κ3) is 9.76. The van der Waals surface area contributed by atoms with Gasteiger partial charge in [0.05, 0.1) is 44.2 Å².